The second kappa shape index (κ2) is 6.83. The van der Waals surface area contributed by atoms with Gasteiger partial charge in [0.2, 0.25) is 0 Å². The van der Waals surface area contributed by atoms with E-state index in [-0.39, 0.29) is 17.9 Å². The summed E-state index contributed by atoms with van der Waals surface area (Å²) in [7, 11) is 1.49. The molecule has 3 nitrogen and oxygen atoms in total. The smallest absolute Gasteiger partial charge is 0.254 e. The molecular formula is C16H15F2NO2. The molecule has 0 aliphatic heterocycles. The SMILES string of the molecule is COc1ccc(F)cc1CCNC(=O)c1ccccc1F. The van der Waals surface area contributed by atoms with Crippen LogP contribution in [0.25, 0.3) is 0 Å². The Hall–Kier alpha value is -2.43. The number of methoxy groups -OCH3 is 1. The molecule has 1 N–H and O–H groups in total. The first-order valence-electron chi connectivity index (χ1n) is 6.47. The molecule has 0 aliphatic carbocycles. The molecule has 0 aromatic heterocycles. The van der Waals surface area contributed by atoms with E-state index in [2.05, 4.69) is 5.32 Å². The predicted molar refractivity (Wildman–Crippen MR) is 75.4 cm³/mol. The highest BCUT2D eigenvalue weighted by atomic mass is 19.1. The van der Waals surface area contributed by atoms with Crippen LogP contribution in [-0.4, -0.2) is 19.6 Å². The third-order valence-corrected chi connectivity index (χ3v) is 3.04. The van der Waals surface area contributed by atoms with Gasteiger partial charge in [-0.1, -0.05) is 12.1 Å². The van der Waals surface area contributed by atoms with Crippen molar-refractivity contribution in [1.29, 1.82) is 0 Å². The van der Waals surface area contributed by atoms with Crippen LogP contribution >= 0.6 is 0 Å². The average molecular weight is 291 g/mol. The number of ether oxygens (including phenoxy) is 1. The van der Waals surface area contributed by atoms with E-state index in [0.717, 1.165) is 0 Å². The van der Waals surface area contributed by atoms with Gasteiger partial charge in [0, 0.05) is 6.54 Å². The number of hydrogen-bond acceptors (Lipinski definition) is 2. The highest BCUT2D eigenvalue weighted by Crippen LogP contribution is 2.19. The van der Waals surface area contributed by atoms with Crippen LogP contribution in [0.1, 0.15) is 15.9 Å². The molecule has 0 aliphatic rings. The molecule has 2 rings (SSSR count). The highest BCUT2D eigenvalue weighted by Gasteiger charge is 2.11. The maximum Gasteiger partial charge on any atom is 0.254 e. The Balaban J connectivity index is 1.97. The summed E-state index contributed by atoms with van der Waals surface area (Å²) in [5.74, 6) is -0.885. The Morgan fingerprint density at radius 1 is 1.19 bits per heavy atom. The molecule has 0 heterocycles. The Kier molecular flexibility index (Phi) is 4.87. The van der Waals surface area contributed by atoms with Gasteiger partial charge in [0.15, 0.2) is 0 Å². The molecule has 0 saturated carbocycles. The number of nitrogens with one attached hydrogen (secondary N) is 1. The fourth-order valence-electron chi connectivity index (χ4n) is 1.99. The number of carbonyl (C=O) groups is 1. The van der Waals surface area contributed by atoms with Crippen LogP contribution < -0.4 is 10.1 Å². The fraction of sp³-hybridized carbons (Fsp3) is 0.188. The summed E-state index contributed by atoms with van der Waals surface area (Å²) >= 11 is 0. The van der Waals surface area contributed by atoms with Crippen molar-refractivity contribution in [3.05, 3.63) is 65.2 Å². The lowest BCUT2D eigenvalue weighted by molar-refractivity contribution is 0.0950. The van der Waals surface area contributed by atoms with Gasteiger partial charge in [-0.3, -0.25) is 4.79 Å². The lowest BCUT2D eigenvalue weighted by Gasteiger charge is -2.10. The standard InChI is InChI=1S/C16H15F2NO2/c1-21-15-7-6-12(17)10-11(15)8-9-19-16(20)13-4-2-3-5-14(13)18/h2-7,10H,8-9H2,1H3,(H,19,20). The molecule has 21 heavy (non-hydrogen) atoms. The lowest BCUT2D eigenvalue weighted by atomic mass is 10.1. The summed E-state index contributed by atoms with van der Waals surface area (Å²) in [5.41, 5.74) is 0.634. The monoisotopic (exact) mass is 291 g/mol. The molecule has 0 radical (unpaired) electrons. The van der Waals surface area contributed by atoms with E-state index in [4.69, 9.17) is 4.74 Å². The van der Waals surface area contributed by atoms with Crippen molar-refractivity contribution in [1.82, 2.24) is 5.32 Å². The lowest BCUT2D eigenvalue weighted by Crippen LogP contribution is -2.26. The largest absolute Gasteiger partial charge is 0.496 e. The zero-order valence-corrected chi connectivity index (χ0v) is 11.5. The first-order chi connectivity index (χ1) is 10.1. The van der Waals surface area contributed by atoms with Crippen LogP contribution in [0, 0.1) is 11.6 Å². The van der Waals surface area contributed by atoms with Crippen molar-refractivity contribution in [3.8, 4) is 5.75 Å². The van der Waals surface area contributed by atoms with E-state index in [1.165, 1.54) is 43.5 Å². The normalized spacial score (nSPS) is 10.2. The van der Waals surface area contributed by atoms with Crippen molar-refractivity contribution in [2.75, 3.05) is 13.7 Å². The van der Waals surface area contributed by atoms with Crippen molar-refractivity contribution in [2.45, 2.75) is 6.42 Å². The second-order valence-corrected chi connectivity index (χ2v) is 4.44. The number of benzene rings is 2. The minimum Gasteiger partial charge on any atom is -0.496 e. The molecule has 2 aromatic rings. The van der Waals surface area contributed by atoms with Crippen LogP contribution in [0.5, 0.6) is 5.75 Å². The summed E-state index contributed by atoms with van der Waals surface area (Å²) in [5, 5.41) is 2.60. The van der Waals surface area contributed by atoms with Gasteiger partial charge in [0.25, 0.3) is 5.91 Å². The minimum atomic E-state index is -0.571. The Morgan fingerprint density at radius 3 is 2.67 bits per heavy atom. The van der Waals surface area contributed by atoms with Gasteiger partial charge < -0.3 is 10.1 Å². The number of hydrogen-bond donors (Lipinski definition) is 1. The first kappa shape index (κ1) is 15.0. The molecule has 0 bridgehead atoms. The van der Waals surface area contributed by atoms with E-state index in [1.807, 2.05) is 0 Å². The predicted octanol–water partition coefficient (Wildman–Crippen LogP) is 2.95. The van der Waals surface area contributed by atoms with Crippen LogP contribution in [0.4, 0.5) is 8.78 Å². The van der Waals surface area contributed by atoms with Gasteiger partial charge in [-0.25, -0.2) is 8.78 Å². The van der Waals surface area contributed by atoms with E-state index in [0.29, 0.717) is 17.7 Å². The van der Waals surface area contributed by atoms with Gasteiger partial charge in [0.05, 0.1) is 12.7 Å². The Bertz CT molecular complexity index is 644. The third-order valence-electron chi connectivity index (χ3n) is 3.04. The molecule has 5 heteroatoms. The summed E-state index contributed by atoms with van der Waals surface area (Å²) in [6.45, 7) is 0.257. The van der Waals surface area contributed by atoms with Crippen molar-refractivity contribution in [3.63, 3.8) is 0 Å². The fourth-order valence-corrected chi connectivity index (χ4v) is 1.99. The summed E-state index contributed by atoms with van der Waals surface area (Å²) in [6, 6.07) is 9.94. The van der Waals surface area contributed by atoms with Gasteiger partial charge in [-0.05, 0) is 42.3 Å². The van der Waals surface area contributed by atoms with Gasteiger partial charge in [-0.2, -0.15) is 0 Å². The highest BCUT2D eigenvalue weighted by molar-refractivity contribution is 5.94. The molecule has 0 fully saturated rings. The van der Waals surface area contributed by atoms with E-state index in [1.54, 1.807) is 6.07 Å². The number of amides is 1. The topological polar surface area (TPSA) is 38.3 Å². The summed E-state index contributed by atoms with van der Waals surface area (Å²) in [6.07, 6.45) is 0.390. The van der Waals surface area contributed by atoms with Gasteiger partial charge in [0.1, 0.15) is 17.4 Å². The Labute approximate surface area is 121 Å². The van der Waals surface area contributed by atoms with Crippen LogP contribution in [-0.2, 0) is 6.42 Å². The zero-order chi connectivity index (χ0) is 15.2. The average Bonchev–Trinajstić information content (AvgIpc) is 2.48. The quantitative estimate of drug-likeness (QED) is 0.920. The molecule has 1 amide bonds. The van der Waals surface area contributed by atoms with Crippen molar-refractivity contribution in [2.24, 2.45) is 0 Å². The van der Waals surface area contributed by atoms with E-state index < -0.39 is 11.7 Å². The molecule has 0 atom stereocenters. The number of carbonyl (C=O) groups excluding carboxylic acids is 1. The molecule has 0 saturated heterocycles. The molecule has 2 aromatic carbocycles. The minimum absolute atomic E-state index is 0.0105. The van der Waals surface area contributed by atoms with Crippen molar-refractivity contribution >= 4 is 5.91 Å². The van der Waals surface area contributed by atoms with Gasteiger partial charge >= 0.3 is 0 Å². The van der Waals surface area contributed by atoms with E-state index in [9.17, 15) is 13.6 Å². The van der Waals surface area contributed by atoms with Crippen LogP contribution in [0.3, 0.4) is 0 Å². The van der Waals surface area contributed by atoms with Crippen molar-refractivity contribution < 1.29 is 18.3 Å². The first-order valence-corrected chi connectivity index (χ1v) is 6.47. The maximum absolute atomic E-state index is 13.4. The molecular weight excluding hydrogens is 276 g/mol. The molecule has 0 unspecified atom stereocenters. The summed E-state index contributed by atoms with van der Waals surface area (Å²) in [4.78, 5) is 11.8. The second-order valence-electron chi connectivity index (χ2n) is 4.44. The van der Waals surface area contributed by atoms with Gasteiger partial charge in [-0.15, -0.1) is 0 Å². The van der Waals surface area contributed by atoms with Crippen LogP contribution in [0.15, 0.2) is 42.5 Å². The van der Waals surface area contributed by atoms with E-state index >= 15 is 0 Å². The zero-order valence-electron chi connectivity index (χ0n) is 11.5. The molecule has 0 spiro atoms. The third kappa shape index (κ3) is 3.78. The maximum atomic E-state index is 13.4. The number of rotatable bonds is 5. The Morgan fingerprint density at radius 2 is 1.95 bits per heavy atom. The number of halogens is 2. The molecule has 110 valence electrons. The van der Waals surface area contributed by atoms with Crippen LogP contribution in [0.2, 0.25) is 0 Å². The summed E-state index contributed by atoms with van der Waals surface area (Å²) < 4.78 is 31.7.